The molecule has 0 saturated heterocycles. The number of amidine groups is 1. The van der Waals surface area contributed by atoms with Gasteiger partial charge in [0.1, 0.15) is 11.5 Å². The minimum atomic E-state index is -0.283. The Bertz CT molecular complexity index is 1170. The number of rotatable bonds is 5. The monoisotopic (exact) mass is 385 g/mol. The van der Waals surface area contributed by atoms with E-state index in [4.69, 9.17) is 11.1 Å². The lowest BCUT2D eigenvalue weighted by molar-refractivity contribution is 0.101. The summed E-state index contributed by atoms with van der Waals surface area (Å²) in [6.45, 7) is 1.82. The van der Waals surface area contributed by atoms with Crippen LogP contribution < -0.4 is 11.1 Å². The van der Waals surface area contributed by atoms with E-state index in [9.17, 15) is 4.79 Å². The first-order chi connectivity index (χ1) is 14.0. The van der Waals surface area contributed by atoms with Crippen LogP contribution in [0.5, 0.6) is 0 Å². The van der Waals surface area contributed by atoms with Gasteiger partial charge in [0.15, 0.2) is 0 Å². The molecule has 144 valence electrons. The van der Waals surface area contributed by atoms with E-state index in [0.717, 1.165) is 5.69 Å². The van der Waals surface area contributed by atoms with Gasteiger partial charge in [-0.3, -0.25) is 10.2 Å². The minimum Gasteiger partial charge on any atom is -0.384 e. The van der Waals surface area contributed by atoms with Gasteiger partial charge in [-0.15, -0.1) is 0 Å². The zero-order valence-corrected chi connectivity index (χ0v) is 15.7. The molecule has 0 bridgehead atoms. The van der Waals surface area contributed by atoms with Crippen molar-refractivity contribution in [1.29, 1.82) is 5.41 Å². The summed E-state index contributed by atoms with van der Waals surface area (Å²) in [6.07, 6.45) is 5.27. The van der Waals surface area contributed by atoms with Gasteiger partial charge in [-0.05, 0) is 49.4 Å². The number of aromatic nitrogens is 4. The maximum absolute atomic E-state index is 12.9. The third-order valence-corrected chi connectivity index (χ3v) is 4.39. The molecule has 4 N–H and O–H groups in total. The summed E-state index contributed by atoms with van der Waals surface area (Å²) in [6, 6.07) is 16.2. The van der Waals surface area contributed by atoms with E-state index in [2.05, 4.69) is 15.4 Å². The molecule has 0 aliphatic carbocycles. The van der Waals surface area contributed by atoms with Crippen LogP contribution >= 0.6 is 0 Å². The van der Waals surface area contributed by atoms with Crippen LogP contribution in [-0.4, -0.2) is 31.1 Å². The lowest BCUT2D eigenvalue weighted by Gasteiger charge is -2.10. The van der Waals surface area contributed by atoms with Crippen molar-refractivity contribution < 1.29 is 4.79 Å². The number of nitrogens with one attached hydrogen (secondary N) is 2. The number of hydrogen-bond donors (Lipinski definition) is 3. The van der Waals surface area contributed by atoms with Crippen LogP contribution in [0.4, 0.5) is 5.69 Å². The van der Waals surface area contributed by atoms with Gasteiger partial charge in [0.25, 0.3) is 5.91 Å². The van der Waals surface area contributed by atoms with E-state index in [0.29, 0.717) is 28.3 Å². The van der Waals surface area contributed by atoms with Crippen LogP contribution in [0, 0.1) is 12.3 Å². The number of benzene rings is 2. The van der Waals surface area contributed by atoms with Gasteiger partial charge < -0.3 is 15.6 Å². The second-order valence-corrected chi connectivity index (χ2v) is 6.52. The molecule has 0 aliphatic heterocycles. The summed E-state index contributed by atoms with van der Waals surface area (Å²) in [7, 11) is 0. The van der Waals surface area contributed by atoms with Crippen molar-refractivity contribution in [2.45, 2.75) is 6.92 Å². The molecule has 2 aromatic carbocycles. The van der Waals surface area contributed by atoms with Gasteiger partial charge in [-0.1, -0.05) is 12.1 Å². The van der Waals surface area contributed by atoms with E-state index >= 15 is 0 Å². The molecule has 4 aromatic rings. The molecular weight excluding hydrogens is 366 g/mol. The molecule has 29 heavy (non-hydrogen) atoms. The molecule has 0 atom stereocenters. The highest BCUT2D eigenvalue weighted by Gasteiger charge is 2.16. The van der Waals surface area contributed by atoms with Gasteiger partial charge in [-0.2, -0.15) is 5.10 Å². The quantitative estimate of drug-likeness (QED) is 0.362. The molecule has 0 radical (unpaired) electrons. The Morgan fingerprint density at radius 3 is 2.59 bits per heavy atom. The molecule has 2 aromatic heterocycles. The third kappa shape index (κ3) is 3.77. The number of hydrogen-bond acceptors (Lipinski definition) is 4. The molecule has 0 saturated carbocycles. The molecule has 1 amide bonds. The summed E-state index contributed by atoms with van der Waals surface area (Å²) in [5, 5.41) is 14.9. The SMILES string of the molecule is Cc1cc(C(=O)Nc2ccc(-n3ccnc3)cc2)n(-c2cccc(C(=N)N)c2)n1. The fourth-order valence-electron chi connectivity index (χ4n) is 2.99. The average Bonchev–Trinajstić information content (AvgIpc) is 3.38. The van der Waals surface area contributed by atoms with Gasteiger partial charge in [0.05, 0.1) is 17.7 Å². The first-order valence-electron chi connectivity index (χ1n) is 8.92. The van der Waals surface area contributed by atoms with Crippen molar-refractivity contribution in [3.63, 3.8) is 0 Å². The summed E-state index contributed by atoms with van der Waals surface area (Å²) in [5.41, 5.74) is 9.52. The highest BCUT2D eigenvalue weighted by molar-refractivity contribution is 6.03. The Balaban J connectivity index is 1.60. The standard InChI is InChI=1S/C21H19N7O/c1-14-11-19(28(26-14)18-4-2-3-15(12-18)20(22)23)21(29)25-16-5-7-17(8-6-16)27-10-9-24-13-27/h2-13H,1H3,(H3,22,23)(H,25,29). The largest absolute Gasteiger partial charge is 0.384 e. The predicted octanol–water partition coefficient (Wildman–Crippen LogP) is 2.90. The molecular formula is C21H19N7O. The Morgan fingerprint density at radius 2 is 1.90 bits per heavy atom. The molecule has 0 unspecified atom stereocenters. The second kappa shape index (κ2) is 7.43. The second-order valence-electron chi connectivity index (χ2n) is 6.52. The van der Waals surface area contributed by atoms with Gasteiger partial charge in [-0.25, -0.2) is 9.67 Å². The first-order valence-corrected chi connectivity index (χ1v) is 8.92. The first kappa shape index (κ1) is 18.2. The van der Waals surface area contributed by atoms with E-state index in [1.165, 1.54) is 0 Å². The molecule has 0 fully saturated rings. The van der Waals surface area contributed by atoms with E-state index in [1.54, 1.807) is 41.5 Å². The van der Waals surface area contributed by atoms with Crippen LogP contribution in [0.3, 0.4) is 0 Å². The highest BCUT2D eigenvalue weighted by Crippen LogP contribution is 2.18. The maximum atomic E-state index is 12.9. The molecule has 2 heterocycles. The lowest BCUT2D eigenvalue weighted by Crippen LogP contribution is -2.17. The van der Waals surface area contributed by atoms with Crippen molar-refractivity contribution in [1.82, 2.24) is 19.3 Å². The number of nitrogen functional groups attached to an aromatic ring is 1. The van der Waals surface area contributed by atoms with E-state index in [1.807, 2.05) is 48.0 Å². The Hall–Kier alpha value is -4.20. The van der Waals surface area contributed by atoms with Crippen LogP contribution in [0.15, 0.2) is 73.3 Å². The summed E-state index contributed by atoms with van der Waals surface area (Å²) >= 11 is 0. The Labute approximate surface area is 167 Å². The number of nitrogens with two attached hydrogens (primary N) is 1. The maximum Gasteiger partial charge on any atom is 0.274 e. The molecule has 4 rings (SSSR count). The summed E-state index contributed by atoms with van der Waals surface area (Å²) in [4.78, 5) is 16.9. The Kier molecular flexibility index (Phi) is 4.66. The Morgan fingerprint density at radius 1 is 1.10 bits per heavy atom. The van der Waals surface area contributed by atoms with Crippen molar-refractivity contribution in [3.05, 3.63) is 90.3 Å². The molecule has 0 aliphatic rings. The zero-order chi connectivity index (χ0) is 20.4. The van der Waals surface area contributed by atoms with Gasteiger partial charge in [0.2, 0.25) is 0 Å². The lowest BCUT2D eigenvalue weighted by atomic mass is 10.2. The number of carbonyl (C=O) groups is 1. The zero-order valence-electron chi connectivity index (χ0n) is 15.7. The number of anilines is 1. The number of nitrogens with zero attached hydrogens (tertiary/aromatic N) is 4. The number of carbonyl (C=O) groups excluding carboxylic acids is 1. The van der Waals surface area contributed by atoms with Crippen molar-refractivity contribution in [2.24, 2.45) is 5.73 Å². The van der Waals surface area contributed by atoms with Crippen LogP contribution in [0.25, 0.3) is 11.4 Å². The smallest absolute Gasteiger partial charge is 0.274 e. The normalized spacial score (nSPS) is 10.7. The van der Waals surface area contributed by atoms with Crippen molar-refractivity contribution in [2.75, 3.05) is 5.32 Å². The van der Waals surface area contributed by atoms with E-state index in [-0.39, 0.29) is 11.7 Å². The van der Waals surface area contributed by atoms with Gasteiger partial charge >= 0.3 is 0 Å². The fourth-order valence-corrected chi connectivity index (χ4v) is 2.99. The minimum absolute atomic E-state index is 0.0419. The summed E-state index contributed by atoms with van der Waals surface area (Å²) < 4.78 is 3.43. The molecule has 8 heteroatoms. The fraction of sp³-hybridized carbons (Fsp3) is 0.0476. The van der Waals surface area contributed by atoms with Gasteiger partial charge in [0, 0.05) is 29.3 Å². The number of aryl methyl sites for hydroxylation is 1. The van der Waals surface area contributed by atoms with E-state index < -0.39 is 0 Å². The molecule has 8 nitrogen and oxygen atoms in total. The topological polar surface area (TPSA) is 115 Å². The summed E-state index contributed by atoms with van der Waals surface area (Å²) in [5.74, 6) is -0.325. The van der Waals surface area contributed by atoms with Crippen LogP contribution in [0.1, 0.15) is 21.7 Å². The predicted molar refractivity (Wildman–Crippen MR) is 111 cm³/mol. The number of imidazole rings is 1. The third-order valence-electron chi connectivity index (χ3n) is 4.39. The number of amides is 1. The van der Waals surface area contributed by atoms with Crippen LogP contribution in [0.2, 0.25) is 0 Å². The van der Waals surface area contributed by atoms with Crippen LogP contribution in [-0.2, 0) is 0 Å². The molecule has 0 spiro atoms. The highest BCUT2D eigenvalue weighted by atomic mass is 16.2. The van der Waals surface area contributed by atoms with Crippen molar-refractivity contribution >= 4 is 17.4 Å². The average molecular weight is 385 g/mol. The van der Waals surface area contributed by atoms with Crippen molar-refractivity contribution in [3.8, 4) is 11.4 Å².